The van der Waals surface area contributed by atoms with Crippen LogP contribution in [0.5, 0.6) is 0 Å². The summed E-state index contributed by atoms with van der Waals surface area (Å²) in [6, 6.07) is 26.5. The summed E-state index contributed by atoms with van der Waals surface area (Å²) >= 11 is 1.45. The second-order valence-electron chi connectivity index (χ2n) is 8.91. The van der Waals surface area contributed by atoms with Gasteiger partial charge in [0.25, 0.3) is 0 Å². The molecule has 0 unspecified atom stereocenters. The molecule has 0 bridgehead atoms. The molecule has 3 heterocycles. The molecule has 8 nitrogen and oxygen atoms in total. The highest BCUT2D eigenvalue weighted by Crippen LogP contribution is 2.32. The maximum atomic E-state index is 13.4. The Balaban J connectivity index is 1.47. The first-order valence-corrected chi connectivity index (χ1v) is 14.6. The molecule has 1 fully saturated rings. The average molecular weight is 554 g/mol. The summed E-state index contributed by atoms with van der Waals surface area (Å²) in [7, 11) is -3.69. The van der Waals surface area contributed by atoms with Gasteiger partial charge in [0.05, 0.1) is 39.6 Å². The third-order valence-corrected chi connectivity index (χ3v) is 9.39. The molecule has 2 aromatic heterocycles. The molecule has 1 saturated heterocycles. The number of nitrogens with zero attached hydrogens (tertiary/aromatic N) is 5. The standard InChI is InChI=1S/C29H23N5O3S2/c30-19-22(29-31-26-11-4-5-12-27(26)38-29)17-23-20-34(24-8-2-1-3-9-24)32-28(23)21-7-6-10-25(18-21)39(35,36)33-13-15-37-16-14-33/h1-12,17-18,20H,13-16H2. The van der Waals surface area contributed by atoms with Gasteiger partial charge in [-0.05, 0) is 42.5 Å². The van der Waals surface area contributed by atoms with Crippen molar-refractivity contribution in [1.29, 1.82) is 5.26 Å². The minimum atomic E-state index is -3.69. The quantitative estimate of drug-likeness (QED) is 0.267. The number of rotatable bonds is 6. The highest BCUT2D eigenvalue weighted by Gasteiger charge is 2.27. The van der Waals surface area contributed by atoms with Crippen LogP contribution in [0.2, 0.25) is 0 Å². The molecule has 0 N–H and O–H groups in total. The lowest BCUT2D eigenvalue weighted by Gasteiger charge is -2.26. The summed E-state index contributed by atoms with van der Waals surface area (Å²) in [6.07, 6.45) is 3.61. The Labute approximate surface area is 230 Å². The van der Waals surface area contributed by atoms with Crippen molar-refractivity contribution >= 4 is 43.2 Å². The number of benzene rings is 3. The number of morpholine rings is 1. The number of ether oxygens (including phenoxy) is 1. The maximum absolute atomic E-state index is 13.4. The van der Waals surface area contributed by atoms with Crippen molar-refractivity contribution in [3.63, 3.8) is 0 Å². The van der Waals surface area contributed by atoms with E-state index in [0.717, 1.165) is 15.9 Å². The molecule has 194 valence electrons. The molecular weight excluding hydrogens is 530 g/mol. The second kappa shape index (κ2) is 10.6. The third kappa shape index (κ3) is 5.01. The van der Waals surface area contributed by atoms with Crippen LogP contribution in [0, 0.1) is 11.3 Å². The number of fused-ring (bicyclic) bond motifs is 1. The molecule has 0 amide bonds. The molecule has 10 heteroatoms. The van der Waals surface area contributed by atoms with E-state index >= 15 is 0 Å². The van der Waals surface area contributed by atoms with Gasteiger partial charge in [-0.15, -0.1) is 11.3 Å². The number of allylic oxidation sites excluding steroid dienone is 1. The van der Waals surface area contributed by atoms with Gasteiger partial charge in [-0.3, -0.25) is 0 Å². The SMILES string of the molecule is N#CC(=Cc1cn(-c2ccccc2)nc1-c1cccc(S(=O)(=O)N2CCOCC2)c1)c1nc2ccccc2s1. The van der Waals surface area contributed by atoms with E-state index in [1.165, 1.54) is 15.6 Å². The molecule has 39 heavy (non-hydrogen) atoms. The van der Waals surface area contributed by atoms with E-state index in [2.05, 4.69) is 11.1 Å². The summed E-state index contributed by atoms with van der Waals surface area (Å²) in [4.78, 5) is 4.84. The molecule has 6 rings (SSSR count). The van der Waals surface area contributed by atoms with Gasteiger partial charge in [-0.1, -0.05) is 42.5 Å². The highest BCUT2D eigenvalue weighted by molar-refractivity contribution is 7.89. The monoisotopic (exact) mass is 553 g/mol. The fourth-order valence-corrected chi connectivity index (χ4v) is 6.84. The molecule has 0 spiro atoms. The Bertz CT molecular complexity index is 1800. The largest absolute Gasteiger partial charge is 0.379 e. The summed E-state index contributed by atoms with van der Waals surface area (Å²) in [5.41, 5.74) is 3.95. The van der Waals surface area contributed by atoms with E-state index in [-0.39, 0.29) is 4.90 Å². The zero-order chi connectivity index (χ0) is 26.8. The van der Waals surface area contributed by atoms with E-state index in [9.17, 15) is 13.7 Å². The van der Waals surface area contributed by atoms with Crippen LogP contribution in [0.25, 0.3) is 38.8 Å². The molecule has 3 aromatic carbocycles. The van der Waals surface area contributed by atoms with Gasteiger partial charge in [0.2, 0.25) is 10.0 Å². The van der Waals surface area contributed by atoms with Crippen molar-refractivity contribution in [3.05, 3.63) is 95.6 Å². The predicted molar refractivity (Wildman–Crippen MR) is 152 cm³/mol. The molecule has 0 aliphatic carbocycles. The van der Waals surface area contributed by atoms with Gasteiger partial charge < -0.3 is 4.74 Å². The summed E-state index contributed by atoms with van der Waals surface area (Å²) in [5.74, 6) is 0. The van der Waals surface area contributed by atoms with Crippen LogP contribution in [0.4, 0.5) is 0 Å². The van der Waals surface area contributed by atoms with E-state index < -0.39 is 10.0 Å². The van der Waals surface area contributed by atoms with Crippen molar-refractivity contribution in [2.45, 2.75) is 4.90 Å². The maximum Gasteiger partial charge on any atom is 0.243 e. The Morgan fingerprint density at radius 1 is 1.00 bits per heavy atom. The molecule has 0 saturated carbocycles. The van der Waals surface area contributed by atoms with E-state index in [1.807, 2.05) is 66.9 Å². The number of hydrogen-bond donors (Lipinski definition) is 0. The smallest absolute Gasteiger partial charge is 0.243 e. The highest BCUT2D eigenvalue weighted by atomic mass is 32.2. The van der Waals surface area contributed by atoms with Gasteiger partial charge in [0, 0.05) is 30.4 Å². The lowest BCUT2D eigenvalue weighted by Crippen LogP contribution is -2.40. The first kappa shape index (κ1) is 25.2. The Kier molecular flexibility index (Phi) is 6.81. The Morgan fingerprint density at radius 3 is 2.54 bits per heavy atom. The van der Waals surface area contributed by atoms with Gasteiger partial charge in [0.15, 0.2) is 0 Å². The van der Waals surface area contributed by atoms with Crippen molar-refractivity contribution in [1.82, 2.24) is 19.1 Å². The van der Waals surface area contributed by atoms with Crippen LogP contribution in [-0.2, 0) is 14.8 Å². The lowest BCUT2D eigenvalue weighted by molar-refractivity contribution is 0.0730. The van der Waals surface area contributed by atoms with Crippen LogP contribution in [0.3, 0.4) is 0 Å². The van der Waals surface area contributed by atoms with E-state index in [4.69, 9.17) is 9.84 Å². The summed E-state index contributed by atoms with van der Waals surface area (Å²) < 4.78 is 36.2. The number of sulfonamides is 1. The number of aromatic nitrogens is 3. The minimum absolute atomic E-state index is 0.192. The average Bonchev–Trinajstić information content (AvgIpc) is 3.61. The fraction of sp³-hybridized carbons (Fsp3) is 0.138. The summed E-state index contributed by atoms with van der Waals surface area (Å²) in [5, 5.41) is 15.5. The Hall–Kier alpha value is -4.14. The van der Waals surface area contributed by atoms with Crippen LogP contribution in [0.1, 0.15) is 10.6 Å². The van der Waals surface area contributed by atoms with Crippen LogP contribution in [0.15, 0.2) is 90.0 Å². The fourth-order valence-electron chi connectivity index (χ4n) is 4.45. The zero-order valence-electron chi connectivity index (χ0n) is 20.8. The van der Waals surface area contributed by atoms with Crippen molar-refractivity contribution in [2.24, 2.45) is 0 Å². The van der Waals surface area contributed by atoms with Gasteiger partial charge in [-0.2, -0.15) is 14.7 Å². The number of nitriles is 1. The van der Waals surface area contributed by atoms with Crippen molar-refractivity contribution < 1.29 is 13.2 Å². The third-order valence-electron chi connectivity index (χ3n) is 6.42. The topological polar surface area (TPSA) is 101 Å². The molecule has 1 aliphatic heterocycles. The van der Waals surface area contributed by atoms with Crippen molar-refractivity contribution in [2.75, 3.05) is 26.3 Å². The summed E-state index contributed by atoms with van der Waals surface area (Å²) in [6.45, 7) is 1.38. The van der Waals surface area contributed by atoms with Crippen molar-refractivity contribution in [3.8, 4) is 23.0 Å². The van der Waals surface area contributed by atoms with Crippen LogP contribution >= 0.6 is 11.3 Å². The van der Waals surface area contributed by atoms with Gasteiger partial charge in [-0.25, -0.2) is 18.1 Å². The number of para-hydroxylation sites is 2. The minimum Gasteiger partial charge on any atom is -0.379 e. The van der Waals surface area contributed by atoms with E-state index in [0.29, 0.717) is 53.7 Å². The lowest BCUT2D eigenvalue weighted by atomic mass is 10.1. The molecule has 0 atom stereocenters. The molecule has 5 aromatic rings. The van der Waals surface area contributed by atoms with E-state index in [1.54, 1.807) is 29.0 Å². The second-order valence-corrected chi connectivity index (χ2v) is 11.9. The predicted octanol–water partition coefficient (Wildman–Crippen LogP) is 5.23. The van der Waals surface area contributed by atoms with Crippen LogP contribution in [-0.4, -0.2) is 53.8 Å². The number of thiazole rings is 1. The van der Waals surface area contributed by atoms with Gasteiger partial charge in [0.1, 0.15) is 16.8 Å². The first-order valence-electron chi connectivity index (χ1n) is 12.3. The molecule has 1 aliphatic rings. The first-order chi connectivity index (χ1) is 19.0. The Morgan fingerprint density at radius 2 is 1.77 bits per heavy atom. The van der Waals surface area contributed by atoms with Crippen LogP contribution < -0.4 is 0 Å². The normalized spacial score (nSPS) is 14.9. The molecule has 0 radical (unpaired) electrons. The molecular formula is C29H23N5O3S2. The zero-order valence-corrected chi connectivity index (χ0v) is 22.4. The van der Waals surface area contributed by atoms with Gasteiger partial charge >= 0.3 is 0 Å². The number of hydrogen-bond acceptors (Lipinski definition) is 7.